The van der Waals surface area contributed by atoms with E-state index in [0.29, 0.717) is 36.0 Å². The number of rotatable bonds is 9. The Kier molecular flexibility index (Phi) is 7.08. The average Bonchev–Trinajstić information content (AvgIpc) is 3.29. The van der Waals surface area contributed by atoms with Gasteiger partial charge in [0.25, 0.3) is 5.91 Å². The van der Waals surface area contributed by atoms with Gasteiger partial charge in [-0.1, -0.05) is 6.07 Å². The molecule has 0 spiro atoms. The monoisotopic (exact) mass is 412 g/mol. The van der Waals surface area contributed by atoms with Crippen LogP contribution in [0.25, 0.3) is 0 Å². The molecule has 0 saturated carbocycles. The molecule has 7 heteroatoms. The number of methoxy groups -OCH3 is 2. The second-order valence-corrected chi connectivity index (χ2v) is 7.18. The molecule has 3 aromatic rings. The van der Waals surface area contributed by atoms with Crippen LogP contribution in [0.3, 0.4) is 0 Å². The molecule has 0 bridgehead atoms. The second-order valence-electron chi connectivity index (χ2n) is 6.46. The Balaban J connectivity index is 1.54. The van der Waals surface area contributed by atoms with Crippen molar-refractivity contribution in [3.05, 3.63) is 70.2 Å². The van der Waals surface area contributed by atoms with Gasteiger partial charge in [-0.2, -0.15) is 0 Å². The number of likely N-dealkylation sites (N-methyl/N-ethyl adjacent to an activating group) is 1. The van der Waals surface area contributed by atoms with E-state index < -0.39 is 0 Å². The van der Waals surface area contributed by atoms with Gasteiger partial charge in [0.2, 0.25) is 0 Å². The lowest BCUT2D eigenvalue weighted by molar-refractivity contribution is 0.0796. The summed E-state index contributed by atoms with van der Waals surface area (Å²) >= 11 is 1.54. The highest BCUT2D eigenvalue weighted by atomic mass is 32.1. The zero-order valence-corrected chi connectivity index (χ0v) is 17.6. The van der Waals surface area contributed by atoms with Gasteiger partial charge in [0.1, 0.15) is 12.4 Å². The van der Waals surface area contributed by atoms with Gasteiger partial charge in [-0.3, -0.25) is 4.79 Å². The smallest absolute Gasteiger partial charge is 0.253 e. The fourth-order valence-corrected chi connectivity index (χ4v) is 3.36. The molecule has 0 aliphatic rings. The maximum Gasteiger partial charge on any atom is 0.253 e. The van der Waals surface area contributed by atoms with Crippen LogP contribution in [0, 0.1) is 0 Å². The van der Waals surface area contributed by atoms with Gasteiger partial charge in [-0.25, -0.2) is 4.98 Å². The number of aromatic nitrogens is 1. The van der Waals surface area contributed by atoms with E-state index in [9.17, 15) is 4.79 Å². The van der Waals surface area contributed by atoms with Crippen molar-refractivity contribution in [3.8, 4) is 17.2 Å². The molecule has 29 heavy (non-hydrogen) atoms. The van der Waals surface area contributed by atoms with E-state index >= 15 is 0 Å². The zero-order chi connectivity index (χ0) is 20.6. The summed E-state index contributed by atoms with van der Waals surface area (Å²) < 4.78 is 16.3. The third-order valence-corrected chi connectivity index (χ3v) is 5.14. The molecule has 1 heterocycles. The van der Waals surface area contributed by atoms with Crippen LogP contribution in [0.2, 0.25) is 0 Å². The maximum atomic E-state index is 12.7. The van der Waals surface area contributed by atoms with E-state index in [4.69, 9.17) is 14.2 Å². The third kappa shape index (κ3) is 5.48. The molecule has 0 radical (unpaired) electrons. The van der Waals surface area contributed by atoms with Gasteiger partial charge < -0.3 is 19.1 Å². The first-order valence-electron chi connectivity index (χ1n) is 9.17. The molecule has 0 saturated heterocycles. The first-order valence-corrected chi connectivity index (χ1v) is 10.1. The number of carbonyl (C=O) groups is 1. The standard InChI is InChI=1S/C22H24N2O4S/c1-24(11-10-16-4-9-20(26-2)21(12-16)27-3)22(25)17-5-7-19(8-6-17)28-13-18-14-29-15-23-18/h4-9,12,14-15H,10-11,13H2,1-3H3. The number of hydrogen-bond donors (Lipinski definition) is 0. The van der Waals surface area contributed by atoms with Crippen LogP contribution in [0.5, 0.6) is 17.2 Å². The zero-order valence-electron chi connectivity index (χ0n) is 16.8. The molecule has 0 N–H and O–H groups in total. The normalized spacial score (nSPS) is 10.4. The Morgan fingerprint density at radius 3 is 2.48 bits per heavy atom. The topological polar surface area (TPSA) is 60.9 Å². The highest BCUT2D eigenvalue weighted by molar-refractivity contribution is 7.07. The minimum absolute atomic E-state index is 0.0310. The number of thiazole rings is 1. The van der Waals surface area contributed by atoms with Crippen LogP contribution >= 0.6 is 11.3 Å². The van der Waals surface area contributed by atoms with E-state index in [1.807, 2.05) is 35.7 Å². The van der Waals surface area contributed by atoms with Crippen LogP contribution < -0.4 is 14.2 Å². The number of nitrogens with zero attached hydrogens (tertiary/aromatic N) is 2. The molecule has 0 unspecified atom stereocenters. The summed E-state index contributed by atoms with van der Waals surface area (Å²) in [6.45, 7) is 1.01. The molecule has 152 valence electrons. The Bertz CT molecular complexity index is 926. The lowest BCUT2D eigenvalue weighted by atomic mass is 10.1. The number of benzene rings is 2. The highest BCUT2D eigenvalue weighted by Gasteiger charge is 2.13. The van der Waals surface area contributed by atoms with Crippen molar-refractivity contribution >= 4 is 17.2 Å². The maximum absolute atomic E-state index is 12.7. The van der Waals surface area contributed by atoms with Crippen LogP contribution in [0.15, 0.2) is 53.4 Å². The van der Waals surface area contributed by atoms with E-state index in [0.717, 1.165) is 17.7 Å². The van der Waals surface area contributed by atoms with E-state index in [1.165, 1.54) is 11.3 Å². The fourth-order valence-electron chi connectivity index (χ4n) is 2.81. The minimum Gasteiger partial charge on any atom is -0.493 e. The molecule has 0 atom stereocenters. The number of amides is 1. The van der Waals surface area contributed by atoms with Crippen molar-refractivity contribution in [1.29, 1.82) is 0 Å². The summed E-state index contributed by atoms with van der Waals surface area (Å²) in [4.78, 5) is 18.6. The largest absolute Gasteiger partial charge is 0.493 e. The molecule has 6 nitrogen and oxygen atoms in total. The van der Waals surface area contributed by atoms with Crippen molar-refractivity contribution < 1.29 is 19.0 Å². The first-order chi connectivity index (χ1) is 14.1. The predicted molar refractivity (Wildman–Crippen MR) is 113 cm³/mol. The van der Waals surface area contributed by atoms with Gasteiger partial charge in [0.05, 0.1) is 25.4 Å². The molecule has 1 aromatic heterocycles. The van der Waals surface area contributed by atoms with Gasteiger partial charge in [-0.05, 0) is 48.4 Å². The van der Waals surface area contributed by atoms with E-state index in [-0.39, 0.29) is 5.91 Å². The van der Waals surface area contributed by atoms with Gasteiger partial charge in [0, 0.05) is 24.5 Å². The Labute approximate surface area is 174 Å². The molecule has 0 aliphatic carbocycles. The molecular weight excluding hydrogens is 388 g/mol. The summed E-state index contributed by atoms with van der Waals surface area (Å²) in [6.07, 6.45) is 0.720. The minimum atomic E-state index is -0.0310. The quantitative estimate of drug-likeness (QED) is 0.531. The van der Waals surface area contributed by atoms with Crippen molar-refractivity contribution in [2.75, 3.05) is 27.8 Å². The van der Waals surface area contributed by atoms with Crippen LogP contribution in [-0.2, 0) is 13.0 Å². The summed E-state index contributed by atoms with van der Waals surface area (Å²) in [6, 6.07) is 13.0. The second kappa shape index (κ2) is 9.93. The highest BCUT2D eigenvalue weighted by Crippen LogP contribution is 2.27. The van der Waals surface area contributed by atoms with Crippen molar-refractivity contribution in [2.24, 2.45) is 0 Å². The SMILES string of the molecule is COc1ccc(CCN(C)C(=O)c2ccc(OCc3cscn3)cc2)cc1OC. The average molecular weight is 413 g/mol. The number of hydrogen-bond acceptors (Lipinski definition) is 6. The molecule has 1 amide bonds. The Morgan fingerprint density at radius 1 is 1.07 bits per heavy atom. The molecule has 3 rings (SSSR count). The van der Waals surface area contributed by atoms with Gasteiger partial charge in [-0.15, -0.1) is 11.3 Å². The van der Waals surface area contributed by atoms with Crippen LogP contribution in [-0.4, -0.2) is 43.6 Å². The van der Waals surface area contributed by atoms with Crippen molar-refractivity contribution in [2.45, 2.75) is 13.0 Å². The van der Waals surface area contributed by atoms with Gasteiger partial charge in [0.15, 0.2) is 11.5 Å². The molecule has 2 aromatic carbocycles. The third-order valence-electron chi connectivity index (χ3n) is 4.50. The summed E-state index contributed by atoms with van der Waals surface area (Å²) in [5.74, 6) is 2.06. The molecular formula is C22H24N2O4S. The summed E-state index contributed by atoms with van der Waals surface area (Å²) in [7, 11) is 5.02. The lowest BCUT2D eigenvalue weighted by Crippen LogP contribution is -2.28. The van der Waals surface area contributed by atoms with Gasteiger partial charge >= 0.3 is 0 Å². The molecule has 0 aliphatic heterocycles. The molecule has 0 fully saturated rings. The lowest BCUT2D eigenvalue weighted by Gasteiger charge is -2.18. The van der Waals surface area contributed by atoms with E-state index in [2.05, 4.69) is 4.98 Å². The van der Waals surface area contributed by atoms with Crippen LogP contribution in [0.1, 0.15) is 21.6 Å². The first kappa shape index (κ1) is 20.7. The fraction of sp³-hybridized carbons (Fsp3) is 0.273. The number of carbonyl (C=O) groups excluding carboxylic acids is 1. The predicted octanol–water partition coefficient (Wildman–Crippen LogP) is 4.05. The summed E-state index contributed by atoms with van der Waals surface area (Å²) in [5, 5.41) is 1.95. The Hall–Kier alpha value is -3.06. The Morgan fingerprint density at radius 2 is 1.83 bits per heavy atom. The summed E-state index contributed by atoms with van der Waals surface area (Å²) in [5.41, 5.74) is 4.37. The van der Waals surface area contributed by atoms with Crippen molar-refractivity contribution in [1.82, 2.24) is 9.88 Å². The van der Waals surface area contributed by atoms with E-state index in [1.54, 1.807) is 43.8 Å². The van der Waals surface area contributed by atoms with Crippen LogP contribution in [0.4, 0.5) is 0 Å². The van der Waals surface area contributed by atoms with Crippen molar-refractivity contribution in [3.63, 3.8) is 0 Å². The number of ether oxygens (including phenoxy) is 3.